The lowest BCUT2D eigenvalue weighted by Crippen LogP contribution is -2.40. The standard InChI is InChI=1S/C18H26N2/c1-2-6-16(7-3-1)8-5-13-20-14-10-17(11-15-20)18-9-4-12-19-18/h1-3,5-8,17-19H,4,9-15H2. The maximum absolute atomic E-state index is 3.67. The average Bonchev–Trinajstić information content (AvgIpc) is 3.03. The zero-order valence-corrected chi connectivity index (χ0v) is 12.3. The zero-order valence-electron chi connectivity index (χ0n) is 12.3. The molecule has 3 rings (SSSR count). The Labute approximate surface area is 122 Å². The van der Waals surface area contributed by atoms with Gasteiger partial charge in [-0.2, -0.15) is 0 Å². The predicted octanol–water partition coefficient (Wildman–Crippen LogP) is 3.16. The molecule has 1 unspecified atom stereocenters. The van der Waals surface area contributed by atoms with Gasteiger partial charge in [0.1, 0.15) is 0 Å². The van der Waals surface area contributed by atoms with Crippen molar-refractivity contribution < 1.29 is 0 Å². The first kappa shape index (κ1) is 13.8. The van der Waals surface area contributed by atoms with E-state index in [2.05, 4.69) is 52.7 Å². The van der Waals surface area contributed by atoms with E-state index in [1.807, 2.05) is 0 Å². The summed E-state index contributed by atoms with van der Waals surface area (Å²) in [5.41, 5.74) is 1.30. The molecule has 2 aliphatic rings. The largest absolute Gasteiger partial charge is 0.314 e. The molecule has 2 fully saturated rings. The van der Waals surface area contributed by atoms with Gasteiger partial charge in [0.05, 0.1) is 0 Å². The fraction of sp³-hybridized carbons (Fsp3) is 0.556. The van der Waals surface area contributed by atoms with Crippen LogP contribution in [0.4, 0.5) is 0 Å². The lowest BCUT2D eigenvalue weighted by Gasteiger charge is -2.34. The molecule has 0 bridgehead atoms. The summed E-state index contributed by atoms with van der Waals surface area (Å²) >= 11 is 0. The monoisotopic (exact) mass is 270 g/mol. The van der Waals surface area contributed by atoms with Crippen LogP contribution < -0.4 is 5.32 Å². The molecule has 2 aliphatic heterocycles. The van der Waals surface area contributed by atoms with Gasteiger partial charge in [0.25, 0.3) is 0 Å². The molecular formula is C18H26N2. The number of nitrogens with one attached hydrogen (secondary N) is 1. The van der Waals surface area contributed by atoms with Crippen LogP contribution in [0, 0.1) is 5.92 Å². The molecule has 2 heteroatoms. The molecule has 0 amide bonds. The van der Waals surface area contributed by atoms with E-state index >= 15 is 0 Å². The molecular weight excluding hydrogens is 244 g/mol. The van der Waals surface area contributed by atoms with Crippen molar-refractivity contribution in [3.05, 3.63) is 42.0 Å². The maximum Gasteiger partial charge on any atom is 0.0166 e. The summed E-state index contributed by atoms with van der Waals surface area (Å²) in [6.07, 6.45) is 10.1. The maximum atomic E-state index is 3.67. The molecule has 108 valence electrons. The first-order valence-corrected chi connectivity index (χ1v) is 8.09. The number of piperidine rings is 1. The summed E-state index contributed by atoms with van der Waals surface area (Å²) in [6.45, 7) is 4.87. The van der Waals surface area contributed by atoms with Gasteiger partial charge >= 0.3 is 0 Å². The van der Waals surface area contributed by atoms with E-state index in [4.69, 9.17) is 0 Å². The van der Waals surface area contributed by atoms with Gasteiger partial charge in [0, 0.05) is 12.6 Å². The van der Waals surface area contributed by atoms with E-state index in [1.165, 1.54) is 50.9 Å². The van der Waals surface area contributed by atoms with Crippen LogP contribution in [0.3, 0.4) is 0 Å². The number of nitrogens with zero attached hydrogens (tertiary/aromatic N) is 1. The predicted molar refractivity (Wildman–Crippen MR) is 85.7 cm³/mol. The summed E-state index contributed by atoms with van der Waals surface area (Å²) in [7, 11) is 0. The van der Waals surface area contributed by atoms with Gasteiger partial charge in [-0.25, -0.2) is 0 Å². The Morgan fingerprint density at radius 1 is 1.10 bits per heavy atom. The SMILES string of the molecule is C(=Cc1ccccc1)CN1CCC(C2CCCN2)CC1. The van der Waals surface area contributed by atoms with Crippen LogP contribution in [0.15, 0.2) is 36.4 Å². The zero-order chi connectivity index (χ0) is 13.6. The normalized spacial score (nSPS) is 25.5. The Morgan fingerprint density at radius 2 is 1.90 bits per heavy atom. The highest BCUT2D eigenvalue weighted by molar-refractivity contribution is 5.48. The van der Waals surface area contributed by atoms with E-state index in [9.17, 15) is 0 Å². The molecule has 0 aromatic heterocycles. The molecule has 1 N–H and O–H groups in total. The molecule has 20 heavy (non-hydrogen) atoms. The molecule has 2 heterocycles. The van der Waals surface area contributed by atoms with E-state index in [1.54, 1.807) is 0 Å². The van der Waals surface area contributed by atoms with Gasteiger partial charge < -0.3 is 5.32 Å². The van der Waals surface area contributed by atoms with E-state index in [0.717, 1.165) is 18.5 Å². The molecule has 1 aromatic carbocycles. The van der Waals surface area contributed by atoms with Crippen molar-refractivity contribution in [1.82, 2.24) is 10.2 Å². The first-order valence-electron chi connectivity index (χ1n) is 8.09. The van der Waals surface area contributed by atoms with Crippen molar-refractivity contribution in [2.75, 3.05) is 26.2 Å². The molecule has 0 radical (unpaired) electrons. The topological polar surface area (TPSA) is 15.3 Å². The highest BCUT2D eigenvalue weighted by Gasteiger charge is 2.27. The van der Waals surface area contributed by atoms with Crippen molar-refractivity contribution in [2.45, 2.75) is 31.7 Å². The van der Waals surface area contributed by atoms with E-state index in [0.29, 0.717) is 0 Å². The summed E-state index contributed by atoms with van der Waals surface area (Å²) in [4.78, 5) is 2.59. The van der Waals surface area contributed by atoms with Crippen LogP contribution in [-0.4, -0.2) is 37.1 Å². The average molecular weight is 270 g/mol. The smallest absolute Gasteiger partial charge is 0.0166 e. The Morgan fingerprint density at radius 3 is 2.60 bits per heavy atom. The number of likely N-dealkylation sites (tertiary alicyclic amines) is 1. The number of benzene rings is 1. The van der Waals surface area contributed by atoms with Crippen LogP contribution in [0.2, 0.25) is 0 Å². The van der Waals surface area contributed by atoms with Crippen molar-refractivity contribution >= 4 is 6.08 Å². The molecule has 0 aliphatic carbocycles. The van der Waals surface area contributed by atoms with Gasteiger partial charge in [-0.05, 0) is 56.8 Å². The van der Waals surface area contributed by atoms with Crippen molar-refractivity contribution in [1.29, 1.82) is 0 Å². The Bertz CT molecular complexity index is 412. The van der Waals surface area contributed by atoms with Gasteiger partial charge in [0.15, 0.2) is 0 Å². The Kier molecular flexibility index (Phi) is 4.88. The quantitative estimate of drug-likeness (QED) is 0.904. The number of rotatable bonds is 4. The third-order valence-corrected chi connectivity index (χ3v) is 4.77. The van der Waals surface area contributed by atoms with E-state index < -0.39 is 0 Å². The lowest BCUT2D eigenvalue weighted by atomic mass is 9.88. The second-order valence-corrected chi connectivity index (χ2v) is 6.15. The van der Waals surface area contributed by atoms with Crippen LogP contribution in [0.1, 0.15) is 31.2 Å². The number of hydrogen-bond acceptors (Lipinski definition) is 2. The van der Waals surface area contributed by atoms with Crippen LogP contribution in [0.5, 0.6) is 0 Å². The summed E-state index contributed by atoms with van der Waals surface area (Å²) < 4.78 is 0. The number of hydrogen-bond donors (Lipinski definition) is 1. The van der Waals surface area contributed by atoms with E-state index in [-0.39, 0.29) is 0 Å². The minimum absolute atomic E-state index is 0.817. The van der Waals surface area contributed by atoms with Crippen molar-refractivity contribution in [3.63, 3.8) is 0 Å². The van der Waals surface area contributed by atoms with Crippen LogP contribution >= 0.6 is 0 Å². The highest BCUT2D eigenvalue weighted by Crippen LogP contribution is 2.25. The Balaban J connectivity index is 1.41. The van der Waals surface area contributed by atoms with Crippen molar-refractivity contribution in [3.8, 4) is 0 Å². The van der Waals surface area contributed by atoms with Crippen LogP contribution in [-0.2, 0) is 0 Å². The first-order chi connectivity index (χ1) is 9.92. The second kappa shape index (κ2) is 7.05. The molecule has 0 saturated carbocycles. The molecule has 1 aromatic rings. The fourth-order valence-electron chi connectivity index (χ4n) is 3.55. The van der Waals surface area contributed by atoms with Gasteiger partial charge in [-0.3, -0.25) is 4.90 Å². The summed E-state index contributed by atoms with van der Waals surface area (Å²) in [5.74, 6) is 0.923. The van der Waals surface area contributed by atoms with Gasteiger partial charge in [-0.15, -0.1) is 0 Å². The van der Waals surface area contributed by atoms with Crippen LogP contribution in [0.25, 0.3) is 6.08 Å². The molecule has 2 nitrogen and oxygen atoms in total. The minimum Gasteiger partial charge on any atom is -0.314 e. The third kappa shape index (κ3) is 3.71. The lowest BCUT2D eigenvalue weighted by molar-refractivity contribution is 0.177. The second-order valence-electron chi connectivity index (χ2n) is 6.15. The van der Waals surface area contributed by atoms with Gasteiger partial charge in [0.2, 0.25) is 0 Å². The summed E-state index contributed by atoms with van der Waals surface area (Å²) in [5, 5.41) is 3.67. The highest BCUT2D eigenvalue weighted by atomic mass is 15.1. The molecule has 0 spiro atoms. The molecule has 1 atom stereocenters. The van der Waals surface area contributed by atoms with Crippen molar-refractivity contribution in [2.24, 2.45) is 5.92 Å². The third-order valence-electron chi connectivity index (χ3n) is 4.77. The summed E-state index contributed by atoms with van der Waals surface area (Å²) in [6, 6.07) is 11.4. The van der Waals surface area contributed by atoms with Gasteiger partial charge in [-0.1, -0.05) is 42.5 Å². The fourth-order valence-corrected chi connectivity index (χ4v) is 3.55. The minimum atomic E-state index is 0.817. The Hall–Kier alpha value is -1.12. The molecule has 2 saturated heterocycles.